The summed E-state index contributed by atoms with van der Waals surface area (Å²) in [5, 5.41) is 0. The molecule has 4 aromatic carbocycles. The lowest BCUT2D eigenvalue weighted by molar-refractivity contribution is -0.197. The van der Waals surface area contributed by atoms with Gasteiger partial charge in [0.2, 0.25) is 0 Å². The van der Waals surface area contributed by atoms with Gasteiger partial charge in [0.25, 0.3) is 5.41 Å². The summed E-state index contributed by atoms with van der Waals surface area (Å²) in [5.74, 6) is -6.28. The van der Waals surface area contributed by atoms with Crippen LogP contribution in [0.1, 0.15) is 42.0 Å². The van der Waals surface area contributed by atoms with E-state index in [1.54, 1.807) is 122 Å². The molecule has 8 nitrogen and oxygen atoms in total. The molecule has 0 aliphatic carbocycles. The van der Waals surface area contributed by atoms with Gasteiger partial charge in [-0.15, -0.1) is 0 Å². The molecular formula is C37H36O8. The van der Waals surface area contributed by atoms with E-state index in [9.17, 15) is 19.2 Å². The van der Waals surface area contributed by atoms with Crippen molar-refractivity contribution in [3.05, 3.63) is 144 Å². The molecule has 0 aliphatic rings. The van der Waals surface area contributed by atoms with Gasteiger partial charge in [-0.1, -0.05) is 135 Å². The topological polar surface area (TPSA) is 105 Å². The molecule has 45 heavy (non-hydrogen) atoms. The average Bonchev–Trinajstić information content (AvgIpc) is 3.09. The largest absolute Gasteiger partial charge is 0.461 e. The van der Waals surface area contributed by atoms with Crippen LogP contribution in [0.4, 0.5) is 0 Å². The SMILES string of the molecule is CCCC(C(=O)OCc1ccccc1)C(C(=O)OCc1ccccc1)(C(=O)OCc1ccccc1)C(=O)OCc1ccccc1. The van der Waals surface area contributed by atoms with Crippen LogP contribution in [0.2, 0.25) is 0 Å². The molecule has 4 rings (SSSR count). The monoisotopic (exact) mass is 608 g/mol. The lowest BCUT2D eigenvalue weighted by Gasteiger charge is -2.33. The molecule has 232 valence electrons. The predicted molar refractivity (Wildman–Crippen MR) is 166 cm³/mol. The number of hydrogen-bond acceptors (Lipinski definition) is 8. The fourth-order valence-electron chi connectivity index (χ4n) is 4.82. The third-order valence-electron chi connectivity index (χ3n) is 7.21. The molecule has 0 bridgehead atoms. The molecule has 0 radical (unpaired) electrons. The minimum absolute atomic E-state index is 0.0606. The van der Waals surface area contributed by atoms with Crippen molar-refractivity contribution >= 4 is 23.9 Å². The Balaban J connectivity index is 1.74. The lowest BCUT2D eigenvalue weighted by atomic mass is 9.72. The Hall–Kier alpha value is -5.24. The smallest absolute Gasteiger partial charge is 0.336 e. The van der Waals surface area contributed by atoms with Crippen LogP contribution >= 0.6 is 0 Å². The van der Waals surface area contributed by atoms with Crippen LogP contribution in [-0.4, -0.2) is 23.9 Å². The minimum Gasteiger partial charge on any atom is -0.461 e. The van der Waals surface area contributed by atoms with E-state index < -0.39 is 35.2 Å². The summed E-state index contributed by atoms with van der Waals surface area (Å²) in [7, 11) is 0. The second-order valence-electron chi connectivity index (χ2n) is 10.4. The van der Waals surface area contributed by atoms with Gasteiger partial charge in [0, 0.05) is 0 Å². The first-order valence-electron chi connectivity index (χ1n) is 14.8. The van der Waals surface area contributed by atoms with Crippen LogP contribution in [0, 0.1) is 11.3 Å². The second kappa shape index (κ2) is 16.6. The summed E-state index contributed by atoms with van der Waals surface area (Å²) >= 11 is 0. The Labute approximate surface area is 262 Å². The molecular weight excluding hydrogens is 572 g/mol. The first-order valence-corrected chi connectivity index (χ1v) is 14.8. The van der Waals surface area contributed by atoms with Crippen molar-refractivity contribution in [2.75, 3.05) is 0 Å². The van der Waals surface area contributed by atoms with Gasteiger partial charge in [-0.2, -0.15) is 0 Å². The van der Waals surface area contributed by atoms with E-state index >= 15 is 0 Å². The molecule has 0 N–H and O–H groups in total. The molecule has 1 unspecified atom stereocenters. The van der Waals surface area contributed by atoms with E-state index in [0.717, 1.165) is 0 Å². The lowest BCUT2D eigenvalue weighted by Crippen LogP contribution is -2.56. The highest BCUT2D eigenvalue weighted by atomic mass is 16.6. The Bertz CT molecular complexity index is 1390. The highest BCUT2D eigenvalue weighted by Crippen LogP contribution is 2.39. The average molecular weight is 609 g/mol. The van der Waals surface area contributed by atoms with Gasteiger partial charge in [-0.05, 0) is 28.7 Å². The molecule has 8 heteroatoms. The van der Waals surface area contributed by atoms with E-state index in [1.165, 1.54) is 0 Å². The molecule has 1 atom stereocenters. The first kappa shape index (κ1) is 32.7. The van der Waals surface area contributed by atoms with Crippen molar-refractivity contribution in [1.82, 2.24) is 0 Å². The first-order chi connectivity index (χ1) is 21.9. The van der Waals surface area contributed by atoms with E-state index in [-0.39, 0.29) is 32.8 Å². The van der Waals surface area contributed by atoms with E-state index in [2.05, 4.69) is 0 Å². The van der Waals surface area contributed by atoms with Gasteiger partial charge < -0.3 is 18.9 Å². The maximum absolute atomic E-state index is 14.2. The molecule has 4 aromatic rings. The van der Waals surface area contributed by atoms with Crippen LogP contribution in [-0.2, 0) is 64.6 Å². The number of carbonyl (C=O) groups excluding carboxylic acids is 4. The minimum atomic E-state index is -2.80. The molecule has 0 aromatic heterocycles. The number of hydrogen-bond donors (Lipinski definition) is 0. The Morgan fingerprint density at radius 1 is 0.489 bits per heavy atom. The maximum Gasteiger partial charge on any atom is 0.336 e. The summed E-state index contributed by atoms with van der Waals surface area (Å²) in [6, 6.07) is 35.3. The van der Waals surface area contributed by atoms with Gasteiger partial charge in [-0.25, -0.2) is 0 Å². The molecule has 0 aliphatic heterocycles. The molecule has 0 spiro atoms. The van der Waals surface area contributed by atoms with Gasteiger partial charge in [0.1, 0.15) is 26.4 Å². The number of benzene rings is 4. The summed E-state index contributed by atoms with van der Waals surface area (Å²) in [4.78, 5) is 56.5. The van der Waals surface area contributed by atoms with Crippen molar-refractivity contribution in [1.29, 1.82) is 0 Å². The standard InChI is InChI=1S/C37H36O8/c1-2-15-32(33(38)42-24-28-16-7-3-8-17-28)37(34(39)43-25-29-18-9-4-10-19-29,35(40)44-26-30-20-11-5-12-21-30)36(41)45-27-31-22-13-6-14-23-31/h3-14,16-23,32H,2,15,24-27H2,1H3. The van der Waals surface area contributed by atoms with Gasteiger partial charge in [0.15, 0.2) is 0 Å². The number of ether oxygens (including phenoxy) is 4. The quantitative estimate of drug-likeness (QED) is 0.0872. The van der Waals surface area contributed by atoms with Crippen LogP contribution in [0.5, 0.6) is 0 Å². The Morgan fingerprint density at radius 3 is 1.07 bits per heavy atom. The zero-order chi connectivity index (χ0) is 31.9. The van der Waals surface area contributed by atoms with Gasteiger partial charge in [-0.3, -0.25) is 19.2 Å². The number of rotatable bonds is 15. The van der Waals surface area contributed by atoms with Gasteiger partial charge in [0.05, 0.1) is 5.92 Å². The normalized spacial score (nSPS) is 11.6. The van der Waals surface area contributed by atoms with E-state index in [4.69, 9.17) is 18.9 Å². The maximum atomic E-state index is 14.2. The summed E-state index contributed by atoms with van der Waals surface area (Å²) in [6.45, 7) is 0.876. The van der Waals surface area contributed by atoms with Crippen LogP contribution in [0.15, 0.2) is 121 Å². The fourth-order valence-corrected chi connectivity index (χ4v) is 4.82. The molecule has 0 heterocycles. The van der Waals surface area contributed by atoms with E-state index in [0.29, 0.717) is 28.7 Å². The molecule has 0 saturated heterocycles. The molecule has 0 fully saturated rings. The summed E-state index contributed by atoms with van der Waals surface area (Å²) < 4.78 is 22.5. The second-order valence-corrected chi connectivity index (χ2v) is 10.4. The zero-order valence-electron chi connectivity index (χ0n) is 25.1. The fraction of sp³-hybridized carbons (Fsp3) is 0.243. The molecule has 0 saturated carbocycles. The third-order valence-corrected chi connectivity index (χ3v) is 7.21. The summed E-state index contributed by atoms with van der Waals surface area (Å²) in [6.07, 6.45) is 0.270. The van der Waals surface area contributed by atoms with Crippen molar-refractivity contribution in [2.45, 2.75) is 46.2 Å². The van der Waals surface area contributed by atoms with E-state index in [1.807, 2.05) is 6.07 Å². The zero-order valence-corrected chi connectivity index (χ0v) is 25.1. The molecule has 0 amide bonds. The van der Waals surface area contributed by atoms with Crippen molar-refractivity contribution in [3.63, 3.8) is 0 Å². The predicted octanol–water partition coefficient (Wildman–Crippen LogP) is 6.36. The summed E-state index contributed by atoms with van der Waals surface area (Å²) in [5.41, 5.74) is -0.254. The van der Waals surface area contributed by atoms with Crippen molar-refractivity contribution in [3.8, 4) is 0 Å². The van der Waals surface area contributed by atoms with Crippen LogP contribution in [0.3, 0.4) is 0 Å². The third kappa shape index (κ3) is 8.66. The van der Waals surface area contributed by atoms with Crippen LogP contribution in [0.25, 0.3) is 0 Å². The Kier molecular flexibility index (Phi) is 12.0. The Morgan fingerprint density at radius 2 is 0.778 bits per heavy atom. The number of carbonyl (C=O) groups is 4. The van der Waals surface area contributed by atoms with Crippen molar-refractivity contribution < 1.29 is 38.1 Å². The number of esters is 4. The van der Waals surface area contributed by atoms with Gasteiger partial charge >= 0.3 is 23.9 Å². The van der Waals surface area contributed by atoms with Crippen molar-refractivity contribution in [2.24, 2.45) is 11.3 Å². The van der Waals surface area contributed by atoms with Crippen LogP contribution < -0.4 is 0 Å². The highest BCUT2D eigenvalue weighted by molar-refractivity contribution is 6.20. The highest BCUT2D eigenvalue weighted by Gasteiger charge is 2.65.